The minimum absolute atomic E-state index is 0.724. The van der Waals surface area contributed by atoms with Crippen molar-refractivity contribution < 1.29 is 0 Å². The van der Waals surface area contributed by atoms with Crippen LogP contribution < -0.4 is 5.73 Å². The van der Waals surface area contributed by atoms with Crippen LogP contribution in [-0.4, -0.2) is 29.6 Å². The molecule has 2 N–H and O–H groups in total. The number of likely N-dealkylation sites (tertiary alicyclic amines) is 1. The van der Waals surface area contributed by atoms with Crippen molar-refractivity contribution in [2.75, 3.05) is 6.54 Å². The summed E-state index contributed by atoms with van der Waals surface area (Å²) >= 11 is 0. The summed E-state index contributed by atoms with van der Waals surface area (Å²) in [5.41, 5.74) is 5.68. The van der Waals surface area contributed by atoms with Crippen LogP contribution in [0.25, 0.3) is 0 Å². The zero-order valence-corrected chi connectivity index (χ0v) is 10.00. The van der Waals surface area contributed by atoms with Gasteiger partial charge in [0.25, 0.3) is 0 Å². The number of hydrogen-bond donors (Lipinski definition) is 1. The lowest BCUT2D eigenvalue weighted by Gasteiger charge is -2.35. The third-order valence-corrected chi connectivity index (χ3v) is 3.71. The van der Waals surface area contributed by atoms with Gasteiger partial charge in [-0.25, -0.2) is 0 Å². The van der Waals surface area contributed by atoms with Gasteiger partial charge in [0.2, 0.25) is 0 Å². The van der Waals surface area contributed by atoms with Gasteiger partial charge in [-0.2, -0.15) is 0 Å². The first-order chi connectivity index (χ1) is 6.74. The summed E-state index contributed by atoms with van der Waals surface area (Å²) in [6.07, 6.45) is 6.47. The Kier molecular flexibility index (Phi) is 4.90. The summed E-state index contributed by atoms with van der Waals surface area (Å²) in [7, 11) is 0. The third kappa shape index (κ3) is 2.48. The molecule has 84 valence electrons. The van der Waals surface area contributed by atoms with Crippen LogP contribution in [0, 0.1) is 0 Å². The number of rotatable bonds is 5. The Morgan fingerprint density at radius 2 is 2.07 bits per heavy atom. The van der Waals surface area contributed by atoms with Crippen molar-refractivity contribution in [3.8, 4) is 0 Å². The molecule has 0 bridgehead atoms. The highest BCUT2D eigenvalue weighted by molar-refractivity contribution is 4.88. The lowest BCUT2D eigenvalue weighted by molar-refractivity contribution is 0.123. The van der Waals surface area contributed by atoms with Crippen LogP contribution in [0.1, 0.15) is 52.9 Å². The van der Waals surface area contributed by atoms with Gasteiger partial charge in [-0.1, -0.05) is 13.8 Å². The second kappa shape index (κ2) is 5.72. The number of hydrogen-bond acceptors (Lipinski definition) is 2. The zero-order valence-electron chi connectivity index (χ0n) is 10.00. The maximum absolute atomic E-state index is 5.68. The van der Waals surface area contributed by atoms with Crippen LogP contribution in [0.5, 0.6) is 0 Å². The Balaban J connectivity index is 2.60. The molecule has 0 aromatic rings. The lowest BCUT2D eigenvalue weighted by Crippen LogP contribution is -2.43. The average Bonchev–Trinajstić information content (AvgIpc) is 2.56. The molecule has 0 saturated carbocycles. The molecule has 0 aliphatic carbocycles. The molecule has 1 fully saturated rings. The van der Waals surface area contributed by atoms with Crippen LogP contribution in [0.15, 0.2) is 0 Å². The minimum atomic E-state index is 0.724. The Morgan fingerprint density at radius 3 is 2.57 bits per heavy atom. The van der Waals surface area contributed by atoms with Crippen LogP contribution in [-0.2, 0) is 0 Å². The third-order valence-electron chi connectivity index (χ3n) is 3.71. The standard InChI is InChI=1S/C12H26N2/c1-4-11-7-6-10(3)14(11)12(5-2)8-9-13/h10-12H,4-9,13H2,1-3H3. The molecule has 0 radical (unpaired) electrons. The average molecular weight is 198 g/mol. The Labute approximate surface area is 88.8 Å². The van der Waals surface area contributed by atoms with Crippen LogP contribution >= 0.6 is 0 Å². The summed E-state index contributed by atoms with van der Waals surface area (Å²) < 4.78 is 0. The van der Waals surface area contributed by atoms with Crippen LogP contribution in [0.2, 0.25) is 0 Å². The van der Waals surface area contributed by atoms with E-state index in [9.17, 15) is 0 Å². The van der Waals surface area contributed by atoms with Crippen LogP contribution in [0.3, 0.4) is 0 Å². The summed E-state index contributed by atoms with van der Waals surface area (Å²) in [6, 6.07) is 2.32. The van der Waals surface area contributed by atoms with Gasteiger partial charge in [0.05, 0.1) is 0 Å². The van der Waals surface area contributed by atoms with E-state index in [-0.39, 0.29) is 0 Å². The van der Waals surface area contributed by atoms with Crippen molar-refractivity contribution in [3.63, 3.8) is 0 Å². The van der Waals surface area contributed by atoms with Crippen molar-refractivity contribution in [3.05, 3.63) is 0 Å². The van der Waals surface area contributed by atoms with Gasteiger partial charge >= 0.3 is 0 Å². The molecule has 1 saturated heterocycles. The second-order valence-electron chi connectivity index (χ2n) is 4.58. The predicted octanol–water partition coefficient (Wildman–Crippen LogP) is 2.38. The molecule has 3 unspecified atom stereocenters. The van der Waals surface area contributed by atoms with Crippen molar-refractivity contribution in [2.45, 2.75) is 71.0 Å². The molecule has 14 heavy (non-hydrogen) atoms. The fraction of sp³-hybridized carbons (Fsp3) is 1.00. The molecule has 0 amide bonds. The first-order valence-corrected chi connectivity index (χ1v) is 6.22. The van der Waals surface area contributed by atoms with Gasteiger partial charge in [-0.3, -0.25) is 4.90 Å². The van der Waals surface area contributed by atoms with E-state index in [0.717, 1.165) is 31.1 Å². The van der Waals surface area contributed by atoms with Crippen molar-refractivity contribution in [1.29, 1.82) is 0 Å². The van der Waals surface area contributed by atoms with E-state index >= 15 is 0 Å². The van der Waals surface area contributed by atoms with Gasteiger partial charge in [0.15, 0.2) is 0 Å². The highest BCUT2D eigenvalue weighted by Crippen LogP contribution is 2.30. The molecule has 2 heteroatoms. The Hall–Kier alpha value is -0.0800. The van der Waals surface area contributed by atoms with Gasteiger partial charge in [-0.15, -0.1) is 0 Å². The fourth-order valence-electron chi connectivity index (χ4n) is 2.92. The largest absolute Gasteiger partial charge is 0.330 e. The molecule has 1 heterocycles. The van der Waals surface area contributed by atoms with Crippen LogP contribution in [0.4, 0.5) is 0 Å². The van der Waals surface area contributed by atoms with E-state index in [1.54, 1.807) is 0 Å². The maximum atomic E-state index is 5.68. The molecule has 0 aromatic carbocycles. The van der Waals surface area contributed by atoms with E-state index in [1.807, 2.05) is 0 Å². The zero-order chi connectivity index (χ0) is 10.6. The van der Waals surface area contributed by atoms with Gasteiger partial charge in [-0.05, 0) is 45.6 Å². The van der Waals surface area contributed by atoms with E-state index in [4.69, 9.17) is 5.73 Å². The highest BCUT2D eigenvalue weighted by Gasteiger charge is 2.33. The fourth-order valence-corrected chi connectivity index (χ4v) is 2.92. The monoisotopic (exact) mass is 198 g/mol. The topological polar surface area (TPSA) is 29.3 Å². The smallest absolute Gasteiger partial charge is 0.0110 e. The molecule has 0 aromatic heterocycles. The second-order valence-corrected chi connectivity index (χ2v) is 4.58. The van der Waals surface area contributed by atoms with Gasteiger partial charge < -0.3 is 5.73 Å². The molecule has 1 aliphatic heterocycles. The Bertz CT molecular complexity index is 158. The summed E-state index contributed by atoms with van der Waals surface area (Å²) in [5, 5.41) is 0. The van der Waals surface area contributed by atoms with E-state index in [2.05, 4.69) is 25.7 Å². The Morgan fingerprint density at radius 1 is 1.36 bits per heavy atom. The molecule has 0 spiro atoms. The van der Waals surface area contributed by atoms with E-state index in [0.29, 0.717) is 0 Å². The SMILES string of the molecule is CCC(CCN)N1C(C)CCC1CC. The predicted molar refractivity (Wildman–Crippen MR) is 62.4 cm³/mol. The first-order valence-electron chi connectivity index (χ1n) is 6.22. The van der Waals surface area contributed by atoms with Crippen molar-refractivity contribution in [1.82, 2.24) is 4.90 Å². The van der Waals surface area contributed by atoms with E-state index < -0.39 is 0 Å². The minimum Gasteiger partial charge on any atom is -0.330 e. The summed E-state index contributed by atoms with van der Waals surface area (Å²) in [4.78, 5) is 2.73. The van der Waals surface area contributed by atoms with Gasteiger partial charge in [0.1, 0.15) is 0 Å². The normalized spacial score (nSPS) is 30.9. The molecular formula is C12H26N2. The summed E-state index contributed by atoms with van der Waals surface area (Å²) in [6.45, 7) is 7.80. The molecule has 2 nitrogen and oxygen atoms in total. The lowest BCUT2D eigenvalue weighted by atomic mass is 10.1. The molecule has 1 aliphatic rings. The number of nitrogens with two attached hydrogens (primary N) is 1. The maximum Gasteiger partial charge on any atom is 0.0110 e. The van der Waals surface area contributed by atoms with E-state index in [1.165, 1.54) is 25.7 Å². The quantitative estimate of drug-likeness (QED) is 0.735. The molecule has 3 atom stereocenters. The number of nitrogens with zero attached hydrogens (tertiary/aromatic N) is 1. The first kappa shape index (κ1) is 12.0. The molecule has 1 rings (SSSR count). The van der Waals surface area contributed by atoms with Crippen molar-refractivity contribution in [2.24, 2.45) is 5.73 Å². The molecular weight excluding hydrogens is 172 g/mol. The highest BCUT2D eigenvalue weighted by atomic mass is 15.2. The van der Waals surface area contributed by atoms with Crippen molar-refractivity contribution >= 4 is 0 Å². The summed E-state index contributed by atoms with van der Waals surface area (Å²) in [5.74, 6) is 0. The van der Waals surface area contributed by atoms with Gasteiger partial charge in [0, 0.05) is 18.1 Å².